The highest BCUT2D eigenvalue weighted by Gasteiger charge is 2.25. The lowest BCUT2D eigenvalue weighted by atomic mass is 10.0. The predicted molar refractivity (Wildman–Crippen MR) is 111 cm³/mol. The van der Waals surface area contributed by atoms with E-state index in [9.17, 15) is 9.59 Å². The van der Waals surface area contributed by atoms with Gasteiger partial charge in [0.2, 0.25) is 5.91 Å². The van der Waals surface area contributed by atoms with E-state index in [1.165, 1.54) is 0 Å². The molecule has 0 unspecified atom stereocenters. The van der Waals surface area contributed by atoms with Crippen LogP contribution in [0.2, 0.25) is 0 Å². The van der Waals surface area contributed by atoms with Gasteiger partial charge >= 0.3 is 0 Å². The van der Waals surface area contributed by atoms with Crippen molar-refractivity contribution < 1.29 is 19.1 Å². The highest BCUT2D eigenvalue weighted by Crippen LogP contribution is 2.28. The standard InChI is InChI=1S/C23H28N2O4/c1-28-20-10-9-18(16-21(20)29-2)23(27)25-14-12-19(13-15-25)24-22(26)11-8-17-6-4-3-5-7-17/h3-7,9-10,16,19H,8,11-15H2,1-2H3,(H,24,26). The summed E-state index contributed by atoms with van der Waals surface area (Å²) in [5, 5.41) is 3.11. The van der Waals surface area contributed by atoms with Gasteiger partial charge in [-0.3, -0.25) is 9.59 Å². The fourth-order valence-electron chi connectivity index (χ4n) is 3.58. The first-order valence-corrected chi connectivity index (χ1v) is 9.95. The monoisotopic (exact) mass is 396 g/mol. The van der Waals surface area contributed by atoms with Crippen LogP contribution in [-0.4, -0.2) is 50.1 Å². The summed E-state index contributed by atoms with van der Waals surface area (Å²) < 4.78 is 10.5. The predicted octanol–water partition coefficient (Wildman–Crippen LogP) is 3.06. The molecule has 0 radical (unpaired) electrons. The van der Waals surface area contributed by atoms with E-state index in [0.29, 0.717) is 36.6 Å². The van der Waals surface area contributed by atoms with Crippen LogP contribution in [0.5, 0.6) is 11.5 Å². The Morgan fingerprint density at radius 2 is 1.69 bits per heavy atom. The van der Waals surface area contributed by atoms with Gasteiger partial charge < -0.3 is 19.7 Å². The van der Waals surface area contributed by atoms with Gasteiger partial charge in [0.05, 0.1) is 14.2 Å². The fraction of sp³-hybridized carbons (Fsp3) is 0.391. The third-order valence-corrected chi connectivity index (χ3v) is 5.26. The topological polar surface area (TPSA) is 67.9 Å². The van der Waals surface area contributed by atoms with E-state index >= 15 is 0 Å². The number of carbonyl (C=O) groups excluding carboxylic acids is 2. The zero-order chi connectivity index (χ0) is 20.6. The molecule has 1 heterocycles. The molecule has 1 fully saturated rings. The Bertz CT molecular complexity index is 830. The van der Waals surface area contributed by atoms with Crippen molar-refractivity contribution in [3.63, 3.8) is 0 Å². The van der Waals surface area contributed by atoms with Crippen molar-refractivity contribution in [1.82, 2.24) is 10.2 Å². The third-order valence-electron chi connectivity index (χ3n) is 5.26. The number of hydrogen-bond donors (Lipinski definition) is 1. The largest absolute Gasteiger partial charge is 0.493 e. The van der Waals surface area contributed by atoms with Crippen molar-refractivity contribution in [2.75, 3.05) is 27.3 Å². The molecule has 1 N–H and O–H groups in total. The summed E-state index contributed by atoms with van der Waals surface area (Å²) in [4.78, 5) is 26.9. The quantitative estimate of drug-likeness (QED) is 0.781. The van der Waals surface area contributed by atoms with Gasteiger partial charge in [-0.2, -0.15) is 0 Å². The van der Waals surface area contributed by atoms with Crippen LogP contribution in [-0.2, 0) is 11.2 Å². The van der Waals surface area contributed by atoms with Crippen LogP contribution in [0.25, 0.3) is 0 Å². The van der Waals surface area contributed by atoms with Crippen molar-refractivity contribution in [3.8, 4) is 11.5 Å². The van der Waals surface area contributed by atoms with E-state index < -0.39 is 0 Å². The highest BCUT2D eigenvalue weighted by atomic mass is 16.5. The summed E-state index contributed by atoms with van der Waals surface area (Å²) in [5.74, 6) is 1.18. The molecule has 0 bridgehead atoms. The number of methoxy groups -OCH3 is 2. The lowest BCUT2D eigenvalue weighted by molar-refractivity contribution is -0.122. The van der Waals surface area contributed by atoms with Crippen LogP contribution in [0.4, 0.5) is 0 Å². The Labute approximate surface area is 171 Å². The number of nitrogens with zero attached hydrogens (tertiary/aromatic N) is 1. The van der Waals surface area contributed by atoms with Crippen molar-refractivity contribution in [2.24, 2.45) is 0 Å². The molecule has 1 saturated heterocycles. The van der Waals surface area contributed by atoms with Crippen LogP contribution in [0.15, 0.2) is 48.5 Å². The van der Waals surface area contributed by atoms with Crippen molar-refractivity contribution in [1.29, 1.82) is 0 Å². The number of benzene rings is 2. The van der Waals surface area contributed by atoms with Gasteiger partial charge in [-0.1, -0.05) is 30.3 Å². The van der Waals surface area contributed by atoms with E-state index in [1.54, 1.807) is 32.4 Å². The molecule has 2 aromatic rings. The van der Waals surface area contributed by atoms with E-state index in [0.717, 1.165) is 24.8 Å². The third kappa shape index (κ3) is 5.50. The number of nitrogens with one attached hydrogen (secondary N) is 1. The molecule has 29 heavy (non-hydrogen) atoms. The molecule has 0 spiro atoms. The van der Waals surface area contributed by atoms with Gasteiger partial charge in [-0.25, -0.2) is 0 Å². The molecular weight excluding hydrogens is 368 g/mol. The average Bonchev–Trinajstić information content (AvgIpc) is 2.78. The molecule has 1 aliphatic heterocycles. The number of amides is 2. The first kappa shape index (κ1) is 20.7. The molecular formula is C23H28N2O4. The van der Waals surface area contributed by atoms with E-state index in [2.05, 4.69) is 5.32 Å². The molecule has 154 valence electrons. The lowest BCUT2D eigenvalue weighted by Crippen LogP contribution is -2.46. The van der Waals surface area contributed by atoms with Crippen LogP contribution in [0.1, 0.15) is 35.2 Å². The average molecular weight is 396 g/mol. The maximum atomic E-state index is 12.8. The second-order valence-corrected chi connectivity index (χ2v) is 7.19. The number of rotatable bonds is 7. The molecule has 2 amide bonds. The van der Waals surface area contributed by atoms with E-state index in [4.69, 9.17) is 9.47 Å². The zero-order valence-electron chi connectivity index (χ0n) is 17.0. The van der Waals surface area contributed by atoms with Gasteiger partial charge in [0.25, 0.3) is 5.91 Å². The Morgan fingerprint density at radius 1 is 1.00 bits per heavy atom. The molecule has 0 aliphatic carbocycles. The minimum Gasteiger partial charge on any atom is -0.493 e. The summed E-state index contributed by atoms with van der Waals surface area (Å²) in [6, 6.07) is 15.3. The molecule has 6 heteroatoms. The summed E-state index contributed by atoms with van der Waals surface area (Å²) in [7, 11) is 3.12. The van der Waals surface area contributed by atoms with Crippen molar-refractivity contribution >= 4 is 11.8 Å². The Hall–Kier alpha value is -3.02. The summed E-state index contributed by atoms with van der Waals surface area (Å²) in [6.07, 6.45) is 2.74. The number of piperidine rings is 1. The van der Waals surface area contributed by atoms with Gasteiger partial charge in [-0.15, -0.1) is 0 Å². The first-order chi connectivity index (χ1) is 14.1. The fourth-order valence-corrected chi connectivity index (χ4v) is 3.58. The second kappa shape index (κ2) is 9.96. The van der Waals surface area contributed by atoms with E-state index in [-0.39, 0.29) is 17.9 Å². The molecule has 6 nitrogen and oxygen atoms in total. The normalized spacial score (nSPS) is 14.3. The Morgan fingerprint density at radius 3 is 2.34 bits per heavy atom. The van der Waals surface area contributed by atoms with Gasteiger partial charge in [0.1, 0.15) is 0 Å². The molecule has 2 aromatic carbocycles. The SMILES string of the molecule is COc1ccc(C(=O)N2CCC(NC(=O)CCc3ccccc3)CC2)cc1OC. The maximum Gasteiger partial charge on any atom is 0.253 e. The lowest BCUT2D eigenvalue weighted by Gasteiger charge is -2.32. The minimum absolute atomic E-state index is 0.0280. The van der Waals surface area contributed by atoms with Crippen molar-refractivity contribution in [2.45, 2.75) is 31.7 Å². The minimum atomic E-state index is -0.0280. The number of carbonyl (C=O) groups is 2. The smallest absolute Gasteiger partial charge is 0.253 e. The van der Waals surface area contributed by atoms with Gasteiger partial charge in [0, 0.05) is 31.1 Å². The van der Waals surface area contributed by atoms with Crippen LogP contribution in [0.3, 0.4) is 0 Å². The van der Waals surface area contributed by atoms with Crippen molar-refractivity contribution in [3.05, 3.63) is 59.7 Å². The molecule has 0 atom stereocenters. The van der Waals surface area contributed by atoms with Crippen LogP contribution >= 0.6 is 0 Å². The summed E-state index contributed by atoms with van der Waals surface area (Å²) in [6.45, 7) is 1.24. The molecule has 0 saturated carbocycles. The van der Waals surface area contributed by atoms with Crippen LogP contribution in [0, 0.1) is 0 Å². The number of aryl methyl sites for hydroxylation is 1. The molecule has 3 rings (SSSR count). The zero-order valence-corrected chi connectivity index (χ0v) is 17.0. The Balaban J connectivity index is 1.47. The summed E-state index contributed by atoms with van der Waals surface area (Å²) in [5.41, 5.74) is 1.74. The highest BCUT2D eigenvalue weighted by molar-refractivity contribution is 5.95. The maximum absolute atomic E-state index is 12.8. The van der Waals surface area contributed by atoms with Gasteiger partial charge in [-0.05, 0) is 43.0 Å². The van der Waals surface area contributed by atoms with Crippen LogP contribution < -0.4 is 14.8 Å². The number of likely N-dealkylation sites (tertiary alicyclic amines) is 1. The molecule has 0 aromatic heterocycles. The Kier molecular flexibility index (Phi) is 7.11. The summed E-state index contributed by atoms with van der Waals surface area (Å²) >= 11 is 0. The second-order valence-electron chi connectivity index (χ2n) is 7.19. The van der Waals surface area contributed by atoms with E-state index in [1.807, 2.05) is 35.2 Å². The first-order valence-electron chi connectivity index (χ1n) is 9.95. The van der Waals surface area contributed by atoms with Gasteiger partial charge in [0.15, 0.2) is 11.5 Å². The number of ether oxygens (including phenoxy) is 2. The molecule has 1 aliphatic rings. The number of hydrogen-bond acceptors (Lipinski definition) is 4.